The number of aryl methyl sites for hydroxylation is 2. The van der Waals surface area contributed by atoms with Gasteiger partial charge in [0.05, 0.1) is 0 Å². The summed E-state index contributed by atoms with van der Waals surface area (Å²) in [5, 5.41) is 0. The summed E-state index contributed by atoms with van der Waals surface area (Å²) in [5.74, 6) is 0. The van der Waals surface area contributed by atoms with Crippen molar-refractivity contribution in [3.05, 3.63) is 34.9 Å². The highest BCUT2D eigenvalue weighted by molar-refractivity contribution is 6.20. The molecule has 0 radical (unpaired) electrons. The molecule has 0 heterocycles. The maximum atomic E-state index is 6.27. The Labute approximate surface area is 90.7 Å². The zero-order chi connectivity index (χ0) is 10.1. The number of rotatable bonds is 2. The number of hydrogen-bond acceptors (Lipinski definition) is 1. The lowest BCUT2D eigenvalue weighted by Crippen LogP contribution is -2.14. The molecule has 0 spiro atoms. The Balaban J connectivity index is 2.28. The third-order valence-electron chi connectivity index (χ3n) is 2.85. The Kier molecular flexibility index (Phi) is 2.80. The number of halogens is 1. The van der Waals surface area contributed by atoms with E-state index >= 15 is 0 Å². The Morgan fingerprint density at radius 2 is 1.93 bits per heavy atom. The quantitative estimate of drug-likeness (QED) is 0.535. The standard InChI is InChI=1S/C12H16ClN/c1-14(2)12(13)11-7-6-9-4-3-5-10(9)8-11/h6-8,12H,3-5H2,1-2H3. The van der Waals surface area contributed by atoms with Crippen molar-refractivity contribution in [3.63, 3.8) is 0 Å². The van der Waals surface area contributed by atoms with Crippen LogP contribution in [0.15, 0.2) is 18.2 Å². The molecule has 0 fully saturated rings. The van der Waals surface area contributed by atoms with Crippen LogP contribution in [-0.4, -0.2) is 19.0 Å². The first-order valence-corrected chi connectivity index (χ1v) is 5.54. The Morgan fingerprint density at radius 3 is 2.64 bits per heavy atom. The average molecular weight is 210 g/mol. The molecule has 2 rings (SSSR count). The molecular weight excluding hydrogens is 194 g/mol. The predicted octanol–water partition coefficient (Wildman–Crippen LogP) is 2.97. The van der Waals surface area contributed by atoms with E-state index in [1.165, 1.54) is 36.0 Å². The van der Waals surface area contributed by atoms with Crippen molar-refractivity contribution in [2.24, 2.45) is 0 Å². The van der Waals surface area contributed by atoms with Crippen LogP contribution in [-0.2, 0) is 12.8 Å². The van der Waals surface area contributed by atoms with Crippen LogP contribution in [0.2, 0.25) is 0 Å². The molecule has 0 saturated heterocycles. The normalized spacial score (nSPS) is 17.1. The summed E-state index contributed by atoms with van der Waals surface area (Å²) in [4.78, 5) is 2.03. The van der Waals surface area contributed by atoms with E-state index in [0.717, 1.165) is 0 Å². The molecule has 1 nitrogen and oxygen atoms in total. The van der Waals surface area contributed by atoms with E-state index in [-0.39, 0.29) is 5.50 Å². The first-order valence-electron chi connectivity index (χ1n) is 5.10. The highest BCUT2D eigenvalue weighted by Gasteiger charge is 2.15. The van der Waals surface area contributed by atoms with Crippen LogP contribution in [0.4, 0.5) is 0 Å². The molecule has 1 unspecified atom stereocenters. The fourth-order valence-electron chi connectivity index (χ4n) is 2.04. The summed E-state index contributed by atoms with van der Waals surface area (Å²) in [6, 6.07) is 6.65. The van der Waals surface area contributed by atoms with E-state index in [1.54, 1.807) is 0 Å². The highest BCUT2D eigenvalue weighted by Crippen LogP contribution is 2.28. The molecule has 1 aromatic rings. The summed E-state index contributed by atoms with van der Waals surface area (Å²) in [6.07, 6.45) is 3.76. The molecule has 0 N–H and O–H groups in total. The third-order valence-corrected chi connectivity index (χ3v) is 3.49. The van der Waals surface area contributed by atoms with Crippen LogP contribution < -0.4 is 0 Å². The molecule has 0 saturated carbocycles. The summed E-state index contributed by atoms with van der Waals surface area (Å²) in [5.41, 5.74) is 4.23. The lowest BCUT2D eigenvalue weighted by Gasteiger charge is -2.18. The van der Waals surface area contributed by atoms with Crippen molar-refractivity contribution in [3.8, 4) is 0 Å². The Bertz CT molecular complexity index is 333. The van der Waals surface area contributed by atoms with Crippen LogP contribution in [0.3, 0.4) is 0 Å². The van der Waals surface area contributed by atoms with Gasteiger partial charge in [-0.15, -0.1) is 11.6 Å². The molecule has 1 aliphatic rings. The van der Waals surface area contributed by atoms with Gasteiger partial charge in [0.2, 0.25) is 0 Å². The molecule has 14 heavy (non-hydrogen) atoms. The number of hydrogen-bond donors (Lipinski definition) is 0. The second kappa shape index (κ2) is 3.92. The molecule has 0 amide bonds. The highest BCUT2D eigenvalue weighted by atomic mass is 35.5. The van der Waals surface area contributed by atoms with Crippen LogP contribution in [0.5, 0.6) is 0 Å². The van der Waals surface area contributed by atoms with Crippen LogP contribution >= 0.6 is 11.6 Å². The maximum Gasteiger partial charge on any atom is 0.110 e. The van der Waals surface area contributed by atoms with Gasteiger partial charge < -0.3 is 0 Å². The monoisotopic (exact) mass is 209 g/mol. The van der Waals surface area contributed by atoms with E-state index in [4.69, 9.17) is 11.6 Å². The van der Waals surface area contributed by atoms with Crippen LogP contribution in [0.25, 0.3) is 0 Å². The van der Waals surface area contributed by atoms with Crippen molar-refractivity contribution >= 4 is 11.6 Å². The van der Waals surface area contributed by atoms with Gasteiger partial charge in [-0.05, 0) is 50.0 Å². The van der Waals surface area contributed by atoms with E-state index in [2.05, 4.69) is 18.2 Å². The summed E-state index contributed by atoms with van der Waals surface area (Å²) in [7, 11) is 4.01. The molecule has 2 heteroatoms. The number of alkyl halides is 1. The largest absolute Gasteiger partial charge is 0.290 e. The van der Waals surface area contributed by atoms with Gasteiger partial charge in [0.1, 0.15) is 5.50 Å². The topological polar surface area (TPSA) is 3.24 Å². The fraction of sp³-hybridized carbons (Fsp3) is 0.500. The smallest absolute Gasteiger partial charge is 0.110 e. The van der Waals surface area contributed by atoms with E-state index in [0.29, 0.717) is 0 Å². The third kappa shape index (κ3) is 1.79. The molecule has 1 aromatic carbocycles. The lowest BCUT2D eigenvalue weighted by atomic mass is 10.1. The predicted molar refractivity (Wildman–Crippen MR) is 60.7 cm³/mol. The molecule has 1 aliphatic carbocycles. The van der Waals surface area contributed by atoms with Crippen molar-refractivity contribution < 1.29 is 0 Å². The van der Waals surface area contributed by atoms with Gasteiger partial charge in [-0.2, -0.15) is 0 Å². The second-order valence-electron chi connectivity index (χ2n) is 4.18. The van der Waals surface area contributed by atoms with Crippen molar-refractivity contribution in [1.82, 2.24) is 4.90 Å². The molecule has 0 aliphatic heterocycles. The van der Waals surface area contributed by atoms with Gasteiger partial charge in [-0.25, -0.2) is 0 Å². The minimum Gasteiger partial charge on any atom is -0.290 e. The summed E-state index contributed by atoms with van der Waals surface area (Å²) < 4.78 is 0. The first-order chi connectivity index (χ1) is 6.68. The van der Waals surface area contributed by atoms with Crippen LogP contribution in [0, 0.1) is 0 Å². The minimum atomic E-state index is 0.000833. The Hall–Kier alpha value is -0.530. The van der Waals surface area contributed by atoms with Gasteiger partial charge in [-0.1, -0.05) is 18.2 Å². The van der Waals surface area contributed by atoms with E-state index in [9.17, 15) is 0 Å². The van der Waals surface area contributed by atoms with Gasteiger partial charge in [0.15, 0.2) is 0 Å². The zero-order valence-corrected chi connectivity index (χ0v) is 9.51. The molecule has 0 aromatic heterocycles. The minimum absolute atomic E-state index is 0.000833. The van der Waals surface area contributed by atoms with Gasteiger partial charge in [-0.3, -0.25) is 4.90 Å². The average Bonchev–Trinajstić information content (AvgIpc) is 2.62. The second-order valence-corrected chi connectivity index (χ2v) is 4.59. The summed E-state index contributed by atoms with van der Waals surface area (Å²) in [6.45, 7) is 0. The van der Waals surface area contributed by atoms with Crippen molar-refractivity contribution in [1.29, 1.82) is 0 Å². The molecular formula is C12H16ClN. The fourth-order valence-corrected chi connectivity index (χ4v) is 2.17. The molecule has 1 atom stereocenters. The van der Waals surface area contributed by atoms with Gasteiger partial charge >= 0.3 is 0 Å². The molecule has 0 bridgehead atoms. The van der Waals surface area contributed by atoms with E-state index in [1.807, 2.05) is 19.0 Å². The van der Waals surface area contributed by atoms with Gasteiger partial charge in [0, 0.05) is 0 Å². The first kappa shape index (κ1) is 10.0. The number of benzene rings is 1. The lowest BCUT2D eigenvalue weighted by molar-refractivity contribution is 0.384. The van der Waals surface area contributed by atoms with Crippen LogP contribution in [0.1, 0.15) is 28.6 Å². The molecule has 76 valence electrons. The van der Waals surface area contributed by atoms with Crippen molar-refractivity contribution in [2.45, 2.75) is 24.8 Å². The number of fused-ring (bicyclic) bond motifs is 1. The maximum absolute atomic E-state index is 6.27. The summed E-state index contributed by atoms with van der Waals surface area (Å²) >= 11 is 6.27. The number of nitrogens with zero attached hydrogens (tertiary/aromatic N) is 1. The Morgan fingerprint density at radius 1 is 1.21 bits per heavy atom. The van der Waals surface area contributed by atoms with Crippen molar-refractivity contribution in [2.75, 3.05) is 14.1 Å². The van der Waals surface area contributed by atoms with E-state index < -0.39 is 0 Å². The SMILES string of the molecule is CN(C)C(Cl)c1ccc2c(c1)CCC2. The zero-order valence-electron chi connectivity index (χ0n) is 8.76. The van der Waals surface area contributed by atoms with Gasteiger partial charge in [0.25, 0.3) is 0 Å².